The van der Waals surface area contributed by atoms with Crippen molar-refractivity contribution < 1.29 is 48.0 Å². The molecule has 1 aliphatic rings. The lowest BCUT2D eigenvalue weighted by Gasteiger charge is -2.38. The van der Waals surface area contributed by atoms with Crippen LogP contribution in [0.4, 0.5) is 25.8 Å². The molecule has 4 N–H and O–H groups in total. The molecule has 3 rings (SSSR count). The van der Waals surface area contributed by atoms with Gasteiger partial charge in [0, 0.05) is 23.4 Å². The highest BCUT2D eigenvalue weighted by molar-refractivity contribution is 5.87. The molecule has 0 spiro atoms. The van der Waals surface area contributed by atoms with Crippen molar-refractivity contribution in [3.05, 3.63) is 70.8 Å². The van der Waals surface area contributed by atoms with Crippen LogP contribution in [0.5, 0.6) is 0 Å². The molecule has 0 saturated carbocycles. The van der Waals surface area contributed by atoms with Crippen molar-refractivity contribution in [2.24, 2.45) is 0 Å². The van der Waals surface area contributed by atoms with E-state index in [9.17, 15) is 24.3 Å². The summed E-state index contributed by atoms with van der Waals surface area (Å²) in [5.41, 5.74) is 4.90. The number of hydrogen-bond acceptors (Lipinski definition) is 10. The fourth-order valence-corrected chi connectivity index (χ4v) is 4.55. The number of alkyl carbamates (subject to hydrolysis) is 1. The summed E-state index contributed by atoms with van der Waals surface area (Å²) in [6.45, 7) is 12.1. The Hall–Kier alpha value is -4.62. The third-order valence-corrected chi connectivity index (χ3v) is 6.27. The first-order chi connectivity index (χ1) is 20.8. The first-order valence-electron chi connectivity index (χ1n) is 14.0. The molecule has 0 bridgehead atoms. The van der Waals surface area contributed by atoms with E-state index in [4.69, 9.17) is 23.7 Å². The Bertz CT molecular complexity index is 1340. The van der Waals surface area contributed by atoms with Crippen LogP contribution in [-0.4, -0.2) is 73.7 Å². The van der Waals surface area contributed by atoms with Crippen LogP contribution in [0.3, 0.4) is 0 Å². The molecule has 44 heavy (non-hydrogen) atoms. The monoisotopic (exact) mass is 613 g/mol. The average Bonchev–Trinajstić information content (AvgIpc) is 2.90. The molecular weight excluding hydrogens is 574 g/mol. The molecule has 13 heteroatoms. The Morgan fingerprint density at radius 1 is 0.841 bits per heavy atom. The van der Waals surface area contributed by atoms with Crippen LogP contribution in [0, 0.1) is 27.7 Å². The summed E-state index contributed by atoms with van der Waals surface area (Å²) in [6, 6.07) is 10.9. The highest BCUT2D eigenvalue weighted by atomic mass is 16.7. The smallest absolute Gasteiger partial charge is 0.412 e. The van der Waals surface area contributed by atoms with Crippen molar-refractivity contribution in [2.45, 2.75) is 65.6 Å². The van der Waals surface area contributed by atoms with Gasteiger partial charge in [-0.05, 0) is 81.1 Å². The first kappa shape index (κ1) is 33.9. The average molecular weight is 614 g/mol. The van der Waals surface area contributed by atoms with Gasteiger partial charge in [-0.3, -0.25) is 10.6 Å². The van der Waals surface area contributed by atoms with Gasteiger partial charge in [0.1, 0.15) is 19.3 Å². The van der Waals surface area contributed by atoms with E-state index in [-0.39, 0.29) is 31.8 Å². The molecule has 0 radical (unpaired) electrons. The summed E-state index contributed by atoms with van der Waals surface area (Å²) in [5, 5.41) is 18.4. The van der Waals surface area contributed by atoms with E-state index < -0.39 is 48.9 Å². The van der Waals surface area contributed by atoms with Crippen molar-refractivity contribution in [3.8, 4) is 0 Å². The molecule has 0 aliphatic carbocycles. The molecule has 1 aliphatic heterocycles. The minimum atomic E-state index is -1.72. The van der Waals surface area contributed by atoms with Crippen molar-refractivity contribution in [2.75, 3.05) is 30.4 Å². The van der Waals surface area contributed by atoms with Gasteiger partial charge in [-0.25, -0.2) is 19.2 Å². The quantitative estimate of drug-likeness (QED) is 0.130. The predicted octanol–water partition coefficient (Wildman–Crippen LogP) is 4.41. The molecule has 238 valence electrons. The minimum absolute atomic E-state index is 0.0121. The standard InChI is InChI=1S/C31H39N3O10/c1-17(2)27(35)40-8-7-32-29(37)41-16-24-15-25(43-30(38)33-22-11-18(3)9-19(4)12-22)26(28(36)42-24)44-31(39)34-23-13-20(5)10-21(6)14-23/h9-14,24-26,28,36H,1,7-8,15-16H2,2-6H3,(H,32,37)(H,33,38)(H,34,39)/t24-,25?,26+,28+/m1/s1. The van der Waals surface area contributed by atoms with Crippen molar-refractivity contribution in [1.82, 2.24) is 5.32 Å². The Balaban J connectivity index is 1.64. The highest BCUT2D eigenvalue weighted by Gasteiger charge is 2.43. The topological polar surface area (TPSA) is 171 Å². The number of benzene rings is 2. The second-order valence-corrected chi connectivity index (χ2v) is 10.6. The molecular formula is C31H39N3O10. The minimum Gasteiger partial charge on any atom is -0.460 e. The second kappa shape index (κ2) is 15.7. The van der Waals surface area contributed by atoms with Crippen molar-refractivity contribution >= 4 is 35.6 Å². The van der Waals surface area contributed by atoms with Crippen molar-refractivity contribution in [1.29, 1.82) is 0 Å². The van der Waals surface area contributed by atoms with Crippen LogP contribution < -0.4 is 16.0 Å². The number of aliphatic hydroxyl groups is 1. The molecule has 4 atom stereocenters. The normalized spacial score (nSPS) is 19.2. The molecule has 1 fully saturated rings. The van der Waals surface area contributed by atoms with E-state index in [2.05, 4.69) is 22.5 Å². The number of esters is 1. The van der Waals surface area contributed by atoms with Crippen LogP contribution in [0.2, 0.25) is 0 Å². The van der Waals surface area contributed by atoms with E-state index in [0.717, 1.165) is 22.3 Å². The van der Waals surface area contributed by atoms with E-state index in [0.29, 0.717) is 11.4 Å². The lowest BCUT2D eigenvalue weighted by Crippen LogP contribution is -2.53. The number of aliphatic hydroxyl groups excluding tert-OH is 1. The molecule has 13 nitrogen and oxygen atoms in total. The summed E-state index contributed by atoms with van der Waals surface area (Å²) in [5.74, 6) is -0.586. The summed E-state index contributed by atoms with van der Waals surface area (Å²) >= 11 is 0. The van der Waals surface area contributed by atoms with Crippen LogP contribution in [0.1, 0.15) is 35.6 Å². The Labute approximate surface area is 255 Å². The Kier molecular flexibility index (Phi) is 12.1. The molecule has 2 aromatic rings. The largest absolute Gasteiger partial charge is 0.460 e. The van der Waals surface area contributed by atoms with Gasteiger partial charge in [0.15, 0.2) is 12.4 Å². The van der Waals surface area contributed by atoms with Gasteiger partial charge in [-0.2, -0.15) is 0 Å². The number of hydrogen-bond donors (Lipinski definition) is 4. The van der Waals surface area contributed by atoms with E-state index in [1.165, 1.54) is 6.92 Å². The van der Waals surface area contributed by atoms with E-state index in [1.807, 2.05) is 39.8 Å². The first-order valence-corrected chi connectivity index (χ1v) is 14.0. The predicted molar refractivity (Wildman–Crippen MR) is 160 cm³/mol. The number of carbonyl (C=O) groups excluding carboxylic acids is 4. The second-order valence-electron chi connectivity index (χ2n) is 10.6. The number of carbonyl (C=O) groups is 4. The third-order valence-electron chi connectivity index (χ3n) is 6.27. The van der Waals surface area contributed by atoms with Gasteiger partial charge in [0.2, 0.25) is 0 Å². The van der Waals surface area contributed by atoms with Gasteiger partial charge in [0.05, 0.1) is 12.6 Å². The van der Waals surface area contributed by atoms with Crippen LogP contribution in [0.25, 0.3) is 0 Å². The van der Waals surface area contributed by atoms with E-state index >= 15 is 0 Å². The maximum absolute atomic E-state index is 12.9. The van der Waals surface area contributed by atoms with Crippen LogP contribution >= 0.6 is 0 Å². The zero-order valence-corrected chi connectivity index (χ0v) is 25.4. The van der Waals surface area contributed by atoms with Gasteiger partial charge in [0.25, 0.3) is 0 Å². The van der Waals surface area contributed by atoms with Gasteiger partial charge in [-0.1, -0.05) is 18.7 Å². The van der Waals surface area contributed by atoms with Crippen LogP contribution in [0.15, 0.2) is 48.6 Å². The fourth-order valence-electron chi connectivity index (χ4n) is 4.55. The number of anilines is 2. The number of rotatable bonds is 10. The SMILES string of the molecule is C=C(C)C(=O)OCCNC(=O)OC[C@H]1CC(OC(=O)Nc2cc(C)cc(C)c2)[C@H](OC(=O)Nc2cc(C)cc(C)c2)[C@@H](O)O1. The number of aryl methyl sites for hydroxylation is 4. The molecule has 2 aromatic carbocycles. The lowest BCUT2D eigenvalue weighted by molar-refractivity contribution is -0.249. The van der Waals surface area contributed by atoms with Gasteiger partial charge < -0.3 is 34.1 Å². The number of ether oxygens (including phenoxy) is 5. The maximum atomic E-state index is 12.9. The highest BCUT2D eigenvalue weighted by Crippen LogP contribution is 2.26. The lowest BCUT2D eigenvalue weighted by atomic mass is 10.0. The molecule has 1 saturated heterocycles. The van der Waals surface area contributed by atoms with Gasteiger partial charge >= 0.3 is 24.2 Å². The van der Waals surface area contributed by atoms with E-state index in [1.54, 1.807) is 24.3 Å². The van der Waals surface area contributed by atoms with Crippen molar-refractivity contribution in [3.63, 3.8) is 0 Å². The summed E-state index contributed by atoms with van der Waals surface area (Å²) in [6.07, 6.45) is -7.86. The Morgan fingerprint density at radius 2 is 1.36 bits per heavy atom. The number of amides is 3. The fraction of sp³-hybridized carbons (Fsp3) is 0.419. The van der Waals surface area contributed by atoms with Gasteiger partial charge in [-0.15, -0.1) is 0 Å². The summed E-state index contributed by atoms with van der Waals surface area (Å²) in [4.78, 5) is 49.2. The third kappa shape index (κ3) is 10.9. The molecule has 1 unspecified atom stereocenters. The zero-order valence-electron chi connectivity index (χ0n) is 25.4. The number of nitrogens with one attached hydrogen (secondary N) is 3. The summed E-state index contributed by atoms with van der Waals surface area (Å²) < 4.78 is 26.7. The molecule has 0 aromatic heterocycles. The summed E-state index contributed by atoms with van der Waals surface area (Å²) in [7, 11) is 0. The molecule has 1 heterocycles. The van der Waals surface area contributed by atoms with Crippen LogP contribution in [-0.2, 0) is 28.5 Å². The molecule has 3 amide bonds. The Morgan fingerprint density at radius 3 is 1.89 bits per heavy atom. The maximum Gasteiger partial charge on any atom is 0.412 e. The zero-order chi connectivity index (χ0) is 32.4.